The third-order valence-electron chi connectivity index (χ3n) is 6.19. The molecule has 3 aromatic carbocycles. The van der Waals surface area contributed by atoms with Crippen LogP contribution in [0.2, 0.25) is 0 Å². The molecule has 2 aliphatic rings. The van der Waals surface area contributed by atoms with E-state index >= 15 is 0 Å². The monoisotopic (exact) mass is 329 g/mol. The molecule has 2 heteroatoms. The van der Waals surface area contributed by atoms with Gasteiger partial charge < -0.3 is 9.64 Å². The Kier molecular flexibility index (Phi) is 2.71. The first-order valence-corrected chi connectivity index (χ1v) is 9.01. The Morgan fingerprint density at radius 1 is 1.00 bits per heavy atom. The first kappa shape index (κ1) is 14.8. The van der Waals surface area contributed by atoms with Crippen LogP contribution in [0.1, 0.15) is 37.5 Å². The van der Waals surface area contributed by atoms with Gasteiger partial charge in [-0.2, -0.15) is 0 Å². The molecule has 1 atom stereocenters. The predicted octanol–water partition coefficient (Wildman–Crippen LogP) is 5.63. The number of hydrogen-bond acceptors (Lipinski definition) is 2. The summed E-state index contributed by atoms with van der Waals surface area (Å²) >= 11 is 0. The summed E-state index contributed by atoms with van der Waals surface area (Å²) in [6.07, 6.45) is 0.0869. The van der Waals surface area contributed by atoms with Crippen molar-refractivity contribution in [3.63, 3.8) is 0 Å². The molecule has 0 N–H and O–H groups in total. The Balaban J connectivity index is 1.93. The van der Waals surface area contributed by atoms with Gasteiger partial charge in [-0.3, -0.25) is 0 Å². The van der Waals surface area contributed by atoms with Crippen molar-refractivity contribution >= 4 is 16.5 Å². The molecule has 0 aromatic heterocycles. The minimum Gasteiger partial charge on any atom is -0.469 e. The zero-order valence-corrected chi connectivity index (χ0v) is 15.5. The van der Waals surface area contributed by atoms with Crippen LogP contribution in [0.25, 0.3) is 21.9 Å². The van der Waals surface area contributed by atoms with E-state index in [9.17, 15) is 0 Å². The topological polar surface area (TPSA) is 12.5 Å². The van der Waals surface area contributed by atoms with Gasteiger partial charge in [0.25, 0.3) is 0 Å². The van der Waals surface area contributed by atoms with Gasteiger partial charge in [0.2, 0.25) is 0 Å². The van der Waals surface area contributed by atoms with Crippen LogP contribution in [0.4, 0.5) is 5.69 Å². The van der Waals surface area contributed by atoms with Gasteiger partial charge in [0.1, 0.15) is 5.75 Å². The maximum atomic E-state index is 6.04. The summed E-state index contributed by atoms with van der Waals surface area (Å²) in [7, 11) is 2.11. The molecule has 126 valence electrons. The molecule has 1 aliphatic heterocycles. The van der Waals surface area contributed by atoms with Gasteiger partial charge in [-0.05, 0) is 64.6 Å². The zero-order chi connectivity index (χ0) is 17.5. The second-order valence-electron chi connectivity index (χ2n) is 7.98. The summed E-state index contributed by atoms with van der Waals surface area (Å²) in [5.74, 6) is 0.996. The van der Waals surface area contributed by atoms with Crippen LogP contribution in [0.15, 0.2) is 42.5 Å². The lowest BCUT2D eigenvalue weighted by atomic mass is 9.81. The molecule has 0 amide bonds. The fourth-order valence-electron chi connectivity index (χ4n) is 4.62. The number of aryl methyl sites for hydroxylation is 1. The van der Waals surface area contributed by atoms with E-state index in [4.69, 9.17) is 4.74 Å². The van der Waals surface area contributed by atoms with Crippen molar-refractivity contribution in [2.45, 2.75) is 39.3 Å². The SMILES string of the molecule is Cc1cc2c(c3cc4c(cc13)OC(C)N4C)-c1ccccc1C2(C)C. The van der Waals surface area contributed by atoms with Gasteiger partial charge in [-0.1, -0.05) is 44.2 Å². The average Bonchev–Trinajstić information content (AvgIpc) is 2.99. The molecular weight excluding hydrogens is 306 g/mol. The maximum Gasteiger partial charge on any atom is 0.169 e. The van der Waals surface area contributed by atoms with Gasteiger partial charge in [-0.25, -0.2) is 0 Å². The second-order valence-corrected chi connectivity index (χ2v) is 7.98. The van der Waals surface area contributed by atoms with Crippen molar-refractivity contribution in [1.82, 2.24) is 0 Å². The zero-order valence-electron chi connectivity index (χ0n) is 15.5. The van der Waals surface area contributed by atoms with Crippen LogP contribution in [-0.4, -0.2) is 13.3 Å². The van der Waals surface area contributed by atoms with Gasteiger partial charge in [-0.15, -0.1) is 0 Å². The summed E-state index contributed by atoms with van der Waals surface area (Å²) in [6, 6.07) is 15.8. The third kappa shape index (κ3) is 1.75. The Bertz CT molecular complexity index is 1050. The van der Waals surface area contributed by atoms with E-state index in [1.54, 1.807) is 0 Å². The van der Waals surface area contributed by atoms with Gasteiger partial charge in [0.15, 0.2) is 6.23 Å². The van der Waals surface area contributed by atoms with Crippen molar-refractivity contribution in [2.75, 3.05) is 11.9 Å². The van der Waals surface area contributed by atoms with E-state index in [1.165, 1.54) is 44.3 Å². The quantitative estimate of drug-likeness (QED) is 0.530. The smallest absolute Gasteiger partial charge is 0.169 e. The Hall–Kier alpha value is -2.48. The highest BCUT2D eigenvalue weighted by Gasteiger charge is 2.37. The summed E-state index contributed by atoms with van der Waals surface area (Å²) < 4.78 is 6.04. The number of anilines is 1. The first-order valence-electron chi connectivity index (χ1n) is 9.01. The number of benzene rings is 3. The van der Waals surface area contributed by atoms with E-state index in [0.717, 1.165) is 5.75 Å². The van der Waals surface area contributed by atoms with Crippen molar-refractivity contribution in [3.05, 3.63) is 59.2 Å². The highest BCUT2D eigenvalue weighted by molar-refractivity contribution is 6.06. The summed E-state index contributed by atoms with van der Waals surface area (Å²) in [5, 5.41) is 2.64. The number of fused-ring (bicyclic) bond motifs is 6. The lowest BCUT2D eigenvalue weighted by Gasteiger charge is -2.22. The average molecular weight is 329 g/mol. The van der Waals surface area contributed by atoms with Gasteiger partial charge in [0.05, 0.1) is 5.69 Å². The Labute approximate surface area is 149 Å². The summed E-state index contributed by atoms with van der Waals surface area (Å²) in [5.41, 5.74) is 8.19. The summed E-state index contributed by atoms with van der Waals surface area (Å²) in [4.78, 5) is 2.22. The number of hydrogen-bond donors (Lipinski definition) is 0. The maximum absolute atomic E-state index is 6.04. The largest absolute Gasteiger partial charge is 0.469 e. The molecule has 1 aliphatic carbocycles. The molecule has 0 radical (unpaired) electrons. The molecule has 0 spiro atoms. The summed E-state index contributed by atoms with van der Waals surface area (Å²) in [6.45, 7) is 9.00. The third-order valence-corrected chi connectivity index (χ3v) is 6.19. The molecule has 3 aromatic rings. The molecule has 0 fully saturated rings. The van der Waals surface area contributed by atoms with E-state index in [2.05, 4.69) is 82.1 Å². The van der Waals surface area contributed by atoms with E-state index in [0.29, 0.717) is 0 Å². The molecule has 0 bridgehead atoms. The molecule has 25 heavy (non-hydrogen) atoms. The Morgan fingerprint density at radius 3 is 2.56 bits per heavy atom. The fourth-order valence-corrected chi connectivity index (χ4v) is 4.62. The lowest BCUT2D eigenvalue weighted by Crippen LogP contribution is -2.27. The van der Waals surface area contributed by atoms with Crippen molar-refractivity contribution in [3.8, 4) is 16.9 Å². The predicted molar refractivity (Wildman–Crippen MR) is 105 cm³/mol. The molecule has 0 saturated carbocycles. The number of nitrogens with zero attached hydrogens (tertiary/aromatic N) is 1. The number of rotatable bonds is 0. The van der Waals surface area contributed by atoms with Crippen LogP contribution >= 0.6 is 0 Å². The minimum atomic E-state index is 0.0413. The lowest BCUT2D eigenvalue weighted by molar-refractivity contribution is 0.251. The van der Waals surface area contributed by atoms with E-state index in [-0.39, 0.29) is 11.6 Å². The highest BCUT2D eigenvalue weighted by atomic mass is 16.5. The number of ether oxygens (including phenoxy) is 1. The molecule has 5 rings (SSSR count). The first-order chi connectivity index (χ1) is 11.9. The molecule has 1 unspecified atom stereocenters. The van der Waals surface area contributed by atoms with Crippen LogP contribution in [0.3, 0.4) is 0 Å². The second kappa shape index (κ2) is 4.57. The van der Waals surface area contributed by atoms with Gasteiger partial charge >= 0.3 is 0 Å². The van der Waals surface area contributed by atoms with Crippen molar-refractivity contribution in [1.29, 1.82) is 0 Å². The molecule has 0 saturated heterocycles. The standard InChI is InChI=1S/C23H23NO/c1-13-10-19-22(15-8-6-7-9-18(15)23(19,3)4)17-11-20-21(12-16(13)17)25-14(2)24(20)5/h6-12,14H,1-5H3. The van der Waals surface area contributed by atoms with Gasteiger partial charge in [0, 0.05) is 12.5 Å². The normalized spacial score (nSPS) is 19.6. The van der Waals surface area contributed by atoms with Crippen LogP contribution < -0.4 is 9.64 Å². The van der Waals surface area contributed by atoms with Crippen molar-refractivity contribution < 1.29 is 4.74 Å². The molecule has 1 heterocycles. The molecular formula is C23H23NO. The minimum absolute atomic E-state index is 0.0413. The van der Waals surface area contributed by atoms with E-state index in [1.807, 2.05) is 0 Å². The van der Waals surface area contributed by atoms with Crippen molar-refractivity contribution in [2.24, 2.45) is 0 Å². The van der Waals surface area contributed by atoms with Crippen LogP contribution in [-0.2, 0) is 5.41 Å². The molecule has 2 nitrogen and oxygen atoms in total. The highest BCUT2D eigenvalue weighted by Crippen LogP contribution is 2.53. The van der Waals surface area contributed by atoms with E-state index < -0.39 is 0 Å². The fraction of sp³-hybridized carbons (Fsp3) is 0.304. The Morgan fingerprint density at radius 2 is 1.76 bits per heavy atom. The van der Waals surface area contributed by atoms with Crippen LogP contribution in [0.5, 0.6) is 5.75 Å². The van der Waals surface area contributed by atoms with Crippen LogP contribution in [0, 0.1) is 6.92 Å².